The van der Waals surface area contributed by atoms with Gasteiger partial charge in [0.2, 0.25) is 11.8 Å². The molecule has 0 spiro atoms. The fraction of sp³-hybridized carbons (Fsp3) is 0.824. The van der Waals surface area contributed by atoms with Gasteiger partial charge >= 0.3 is 0 Å². The zero-order valence-electron chi connectivity index (χ0n) is 16.1. The summed E-state index contributed by atoms with van der Waals surface area (Å²) in [5.74, 6) is 1.66. The second-order valence-corrected chi connectivity index (χ2v) is 6.79. The Balaban J connectivity index is 0.00000182. The van der Waals surface area contributed by atoms with E-state index in [0.29, 0.717) is 30.8 Å². The number of hydrogen-bond donors (Lipinski definition) is 1. The smallest absolute Gasteiger partial charge is 0.240 e. The molecule has 0 aliphatic carbocycles. The van der Waals surface area contributed by atoms with Crippen molar-refractivity contribution >= 4 is 30.7 Å². The van der Waals surface area contributed by atoms with E-state index < -0.39 is 0 Å². The predicted molar refractivity (Wildman–Crippen MR) is 106 cm³/mol. The first kappa shape index (κ1) is 24.1. The minimum Gasteiger partial charge on any atom is -0.371 e. The van der Waals surface area contributed by atoms with Crippen molar-refractivity contribution in [1.29, 1.82) is 0 Å². The molecule has 0 bridgehead atoms. The Kier molecular flexibility index (Phi) is 10.5. The van der Waals surface area contributed by atoms with Crippen molar-refractivity contribution in [2.24, 2.45) is 5.92 Å². The summed E-state index contributed by atoms with van der Waals surface area (Å²) in [6.45, 7) is 10.2. The summed E-state index contributed by atoms with van der Waals surface area (Å²) in [6, 6.07) is 0. The Morgan fingerprint density at radius 2 is 2.07 bits per heavy atom. The first-order chi connectivity index (χ1) is 12.2. The molecule has 0 radical (unpaired) electrons. The van der Waals surface area contributed by atoms with Gasteiger partial charge in [0.05, 0.1) is 12.5 Å². The Labute approximate surface area is 173 Å². The minimum absolute atomic E-state index is 0. The van der Waals surface area contributed by atoms with Crippen LogP contribution in [-0.2, 0) is 16.1 Å². The van der Waals surface area contributed by atoms with E-state index in [0.717, 1.165) is 52.1 Å². The second-order valence-electron chi connectivity index (χ2n) is 6.79. The van der Waals surface area contributed by atoms with Crippen LogP contribution in [0.3, 0.4) is 0 Å². The van der Waals surface area contributed by atoms with Crippen molar-refractivity contribution in [3.63, 3.8) is 0 Å². The molecule has 2 aliphatic rings. The maximum absolute atomic E-state index is 12.6. The van der Waals surface area contributed by atoms with Crippen LogP contribution in [0, 0.1) is 5.92 Å². The Hall–Kier alpha value is -0.930. The zero-order valence-corrected chi connectivity index (χ0v) is 17.7. The third-order valence-electron chi connectivity index (χ3n) is 4.95. The SMILES string of the molecule is CCOC(C)c1noc(CN2CCN(C(=O)C3CCCNC3)CC2)n1.Cl.Cl. The van der Waals surface area contributed by atoms with Crippen LogP contribution < -0.4 is 5.32 Å². The Morgan fingerprint density at radius 1 is 1.33 bits per heavy atom. The molecule has 1 N–H and O–H groups in total. The summed E-state index contributed by atoms with van der Waals surface area (Å²) in [6.07, 6.45) is 1.95. The van der Waals surface area contributed by atoms with E-state index in [1.165, 1.54) is 0 Å². The van der Waals surface area contributed by atoms with E-state index in [4.69, 9.17) is 9.26 Å². The van der Waals surface area contributed by atoms with Gasteiger partial charge in [-0.15, -0.1) is 24.8 Å². The lowest BCUT2D eigenvalue weighted by atomic mass is 9.98. The van der Waals surface area contributed by atoms with Gasteiger partial charge in [0.1, 0.15) is 6.10 Å². The first-order valence-corrected chi connectivity index (χ1v) is 9.33. The molecule has 0 aromatic carbocycles. The molecule has 2 unspecified atom stereocenters. The maximum Gasteiger partial charge on any atom is 0.240 e. The molecule has 10 heteroatoms. The number of aromatic nitrogens is 2. The van der Waals surface area contributed by atoms with Crippen molar-refractivity contribution in [3.8, 4) is 0 Å². The number of rotatable bonds is 6. The minimum atomic E-state index is -0.152. The highest BCUT2D eigenvalue weighted by atomic mass is 35.5. The number of carbonyl (C=O) groups is 1. The van der Waals surface area contributed by atoms with E-state index in [9.17, 15) is 4.79 Å². The predicted octanol–water partition coefficient (Wildman–Crippen LogP) is 1.65. The highest BCUT2D eigenvalue weighted by Gasteiger charge is 2.29. The van der Waals surface area contributed by atoms with Crippen LogP contribution in [0.15, 0.2) is 4.52 Å². The molecule has 1 amide bonds. The van der Waals surface area contributed by atoms with Crippen LogP contribution in [0.4, 0.5) is 0 Å². The number of amides is 1. The van der Waals surface area contributed by atoms with Crippen LogP contribution in [0.5, 0.6) is 0 Å². The number of carbonyl (C=O) groups excluding carboxylic acids is 1. The monoisotopic (exact) mass is 423 g/mol. The van der Waals surface area contributed by atoms with Gasteiger partial charge in [-0.2, -0.15) is 4.98 Å². The first-order valence-electron chi connectivity index (χ1n) is 9.33. The number of halogens is 2. The molecule has 1 aromatic rings. The molecule has 3 heterocycles. The van der Waals surface area contributed by atoms with Gasteiger partial charge in [-0.3, -0.25) is 9.69 Å². The molecule has 8 nitrogen and oxygen atoms in total. The largest absolute Gasteiger partial charge is 0.371 e. The number of hydrogen-bond acceptors (Lipinski definition) is 7. The van der Waals surface area contributed by atoms with E-state index in [-0.39, 0.29) is 36.8 Å². The van der Waals surface area contributed by atoms with Crippen molar-refractivity contribution in [2.75, 3.05) is 45.9 Å². The van der Waals surface area contributed by atoms with Crippen LogP contribution in [-0.4, -0.2) is 71.7 Å². The van der Waals surface area contributed by atoms with E-state index in [1.54, 1.807) is 0 Å². The summed E-state index contributed by atoms with van der Waals surface area (Å²) in [4.78, 5) is 21.2. The van der Waals surface area contributed by atoms with Crippen molar-refractivity contribution < 1.29 is 14.1 Å². The number of piperazine rings is 1. The van der Waals surface area contributed by atoms with E-state index >= 15 is 0 Å². The molecular formula is C17H31Cl2N5O3. The molecule has 2 atom stereocenters. The van der Waals surface area contributed by atoms with Crippen LogP contribution in [0.25, 0.3) is 0 Å². The standard InChI is InChI=1S/C17H29N5O3.2ClH/c1-3-24-13(2)16-19-15(25-20-16)12-21-7-9-22(10-8-21)17(23)14-5-4-6-18-11-14;;/h13-14,18H,3-12H2,1-2H3;2*1H. The molecule has 2 fully saturated rings. The summed E-state index contributed by atoms with van der Waals surface area (Å²) < 4.78 is 10.8. The second kappa shape index (κ2) is 11.8. The van der Waals surface area contributed by atoms with Gasteiger partial charge in [0.25, 0.3) is 0 Å². The number of piperidine rings is 1. The summed E-state index contributed by atoms with van der Waals surface area (Å²) in [7, 11) is 0. The normalized spacial score (nSPS) is 21.9. The maximum atomic E-state index is 12.6. The Morgan fingerprint density at radius 3 is 2.70 bits per heavy atom. The van der Waals surface area contributed by atoms with Gasteiger partial charge in [-0.25, -0.2) is 0 Å². The molecule has 3 rings (SSSR count). The van der Waals surface area contributed by atoms with E-state index in [1.807, 2.05) is 18.7 Å². The van der Waals surface area contributed by atoms with Crippen LogP contribution >= 0.6 is 24.8 Å². The number of nitrogens with one attached hydrogen (secondary N) is 1. The molecule has 1 aromatic heterocycles. The molecule has 0 saturated carbocycles. The lowest BCUT2D eigenvalue weighted by molar-refractivity contribution is -0.138. The van der Waals surface area contributed by atoms with Gasteiger partial charge in [-0.05, 0) is 33.2 Å². The molecule has 156 valence electrons. The van der Waals surface area contributed by atoms with Crippen LogP contribution in [0.2, 0.25) is 0 Å². The van der Waals surface area contributed by atoms with Crippen LogP contribution in [0.1, 0.15) is 44.5 Å². The fourth-order valence-electron chi connectivity index (χ4n) is 3.46. The summed E-state index contributed by atoms with van der Waals surface area (Å²) >= 11 is 0. The zero-order chi connectivity index (χ0) is 17.6. The number of nitrogens with zero attached hydrogens (tertiary/aromatic N) is 4. The third-order valence-corrected chi connectivity index (χ3v) is 4.95. The fourth-order valence-corrected chi connectivity index (χ4v) is 3.46. The summed E-state index contributed by atoms with van der Waals surface area (Å²) in [5.41, 5.74) is 0. The number of ether oxygens (including phenoxy) is 1. The van der Waals surface area contributed by atoms with Crippen molar-refractivity contribution in [3.05, 3.63) is 11.7 Å². The van der Waals surface area contributed by atoms with Gasteiger partial charge in [0, 0.05) is 39.3 Å². The molecule has 2 aliphatic heterocycles. The highest BCUT2D eigenvalue weighted by Crippen LogP contribution is 2.17. The van der Waals surface area contributed by atoms with Crippen molar-refractivity contribution in [1.82, 2.24) is 25.3 Å². The van der Waals surface area contributed by atoms with Gasteiger partial charge < -0.3 is 19.5 Å². The average Bonchev–Trinajstić information content (AvgIpc) is 3.11. The summed E-state index contributed by atoms with van der Waals surface area (Å²) in [5, 5.41) is 7.32. The van der Waals surface area contributed by atoms with Gasteiger partial charge in [0.15, 0.2) is 5.82 Å². The average molecular weight is 424 g/mol. The van der Waals surface area contributed by atoms with Crippen molar-refractivity contribution in [2.45, 2.75) is 39.3 Å². The molecule has 2 saturated heterocycles. The lowest BCUT2D eigenvalue weighted by Gasteiger charge is -2.36. The van der Waals surface area contributed by atoms with E-state index in [2.05, 4.69) is 20.4 Å². The molecule has 27 heavy (non-hydrogen) atoms. The lowest BCUT2D eigenvalue weighted by Crippen LogP contribution is -2.51. The Bertz CT molecular complexity index is 561. The quantitative estimate of drug-likeness (QED) is 0.744. The third kappa shape index (κ3) is 6.57. The highest BCUT2D eigenvalue weighted by molar-refractivity contribution is 5.85. The molecular weight excluding hydrogens is 393 g/mol. The topological polar surface area (TPSA) is 83.7 Å². The van der Waals surface area contributed by atoms with Gasteiger partial charge in [-0.1, -0.05) is 5.16 Å².